The molecule has 84 valence electrons. The molecule has 0 aromatic heterocycles. The summed E-state index contributed by atoms with van der Waals surface area (Å²) < 4.78 is 18.5. The smallest absolute Gasteiger partial charge is 0.165 e. The molecule has 2 unspecified atom stereocenters. The minimum absolute atomic E-state index is 0.0467. The van der Waals surface area contributed by atoms with Gasteiger partial charge in [0.2, 0.25) is 0 Å². The molecule has 0 fully saturated rings. The monoisotopic (exact) mass is 211 g/mol. The van der Waals surface area contributed by atoms with Crippen molar-refractivity contribution in [2.24, 2.45) is 11.7 Å². The second-order valence-corrected chi connectivity index (χ2v) is 3.79. The zero-order chi connectivity index (χ0) is 11.3. The zero-order valence-corrected chi connectivity index (χ0v) is 9.24. The van der Waals surface area contributed by atoms with E-state index in [2.05, 4.69) is 13.8 Å². The largest absolute Gasteiger partial charge is 0.489 e. The van der Waals surface area contributed by atoms with Crippen molar-refractivity contribution < 1.29 is 9.13 Å². The van der Waals surface area contributed by atoms with E-state index in [1.54, 1.807) is 18.2 Å². The third kappa shape index (κ3) is 3.51. The van der Waals surface area contributed by atoms with Crippen LogP contribution in [0.3, 0.4) is 0 Å². The van der Waals surface area contributed by atoms with Crippen molar-refractivity contribution in [1.29, 1.82) is 0 Å². The van der Waals surface area contributed by atoms with E-state index in [-0.39, 0.29) is 17.6 Å². The lowest BCUT2D eigenvalue weighted by molar-refractivity contribution is 0.241. The first-order valence-electron chi connectivity index (χ1n) is 5.28. The minimum atomic E-state index is -0.339. The average Bonchev–Trinajstić information content (AvgIpc) is 2.26. The number of rotatable bonds is 5. The Kier molecular flexibility index (Phi) is 4.56. The number of hydrogen-bond acceptors (Lipinski definition) is 2. The summed E-state index contributed by atoms with van der Waals surface area (Å²) in [5.74, 6) is 0.321. The molecule has 0 aliphatic carbocycles. The van der Waals surface area contributed by atoms with Crippen LogP contribution in [0.1, 0.15) is 20.3 Å². The van der Waals surface area contributed by atoms with Gasteiger partial charge in [-0.15, -0.1) is 0 Å². The average molecular weight is 211 g/mol. The Labute approximate surface area is 90.2 Å². The standard InChI is InChI=1S/C12H18FNO/c1-3-9(2)11(14)8-15-12-7-5-4-6-10(12)13/h4-7,9,11H,3,8,14H2,1-2H3. The molecular weight excluding hydrogens is 193 g/mol. The Morgan fingerprint density at radius 2 is 2.07 bits per heavy atom. The van der Waals surface area contributed by atoms with Crippen LogP contribution in [0, 0.1) is 11.7 Å². The Hall–Kier alpha value is -1.09. The van der Waals surface area contributed by atoms with Gasteiger partial charge in [-0.05, 0) is 18.1 Å². The summed E-state index contributed by atoms with van der Waals surface area (Å²) >= 11 is 0. The first kappa shape index (κ1) is 12.0. The molecule has 0 radical (unpaired) electrons. The van der Waals surface area contributed by atoms with Gasteiger partial charge in [-0.1, -0.05) is 32.4 Å². The Morgan fingerprint density at radius 3 is 2.67 bits per heavy atom. The van der Waals surface area contributed by atoms with Crippen LogP contribution in [0.4, 0.5) is 4.39 Å². The summed E-state index contributed by atoms with van der Waals surface area (Å²) in [4.78, 5) is 0. The minimum Gasteiger partial charge on any atom is -0.489 e. The summed E-state index contributed by atoms with van der Waals surface area (Å²) in [7, 11) is 0. The third-order valence-corrected chi connectivity index (χ3v) is 2.64. The Morgan fingerprint density at radius 1 is 1.40 bits per heavy atom. The fourth-order valence-electron chi connectivity index (χ4n) is 1.21. The number of nitrogens with two attached hydrogens (primary N) is 1. The molecule has 0 saturated heterocycles. The van der Waals surface area contributed by atoms with E-state index in [1.807, 2.05) is 0 Å². The fraction of sp³-hybridized carbons (Fsp3) is 0.500. The molecule has 0 spiro atoms. The molecule has 2 N–H and O–H groups in total. The van der Waals surface area contributed by atoms with E-state index < -0.39 is 0 Å². The maximum absolute atomic E-state index is 13.2. The van der Waals surface area contributed by atoms with Gasteiger partial charge in [-0.25, -0.2) is 4.39 Å². The predicted octanol–water partition coefficient (Wildman–Crippen LogP) is 2.58. The van der Waals surface area contributed by atoms with Gasteiger partial charge < -0.3 is 10.5 Å². The molecule has 0 bridgehead atoms. The van der Waals surface area contributed by atoms with Crippen LogP contribution in [0.2, 0.25) is 0 Å². The molecule has 3 heteroatoms. The van der Waals surface area contributed by atoms with E-state index in [0.717, 1.165) is 6.42 Å². The molecule has 0 saturated carbocycles. The summed E-state index contributed by atoms with van der Waals surface area (Å²) in [6.45, 7) is 4.50. The Balaban J connectivity index is 2.47. The van der Waals surface area contributed by atoms with E-state index in [9.17, 15) is 4.39 Å². The third-order valence-electron chi connectivity index (χ3n) is 2.64. The van der Waals surface area contributed by atoms with Crippen LogP contribution in [0.5, 0.6) is 5.75 Å². The SMILES string of the molecule is CCC(C)C(N)COc1ccccc1F. The van der Waals surface area contributed by atoms with Crippen molar-refractivity contribution in [3.05, 3.63) is 30.1 Å². The summed E-state index contributed by atoms with van der Waals surface area (Å²) in [6.07, 6.45) is 1.00. The van der Waals surface area contributed by atoms with Gasteiger partial charge >= 0.3 is 0 Å². The zero-order valence-electron chi connectivity index (χ0n) is 9.24. The molecule has 0 aliphatic heterocycles. The van der Waals surface area contributed by atoms with Crippen LogP contribution in [0.25, 0.3) is 0 Å². The quantitative estimate of drug-likeness (QED) is 0.812. The number of benzene rings is 1. The summed E-state index contributed by atoms with van der Waals surface area (Å²) in [6, 6.07) is 6.32. The number of para-hydroxylation sites is 1. The lowest BCUT2D eigenvalue weighted by Gasteiger charge is -2.18. The summed E-state index contributed by atoms with van der Waals surface area (Å²) in [5.41, 5.74) is 5.88. The molecular formula is C12H18FNO. The highest BCUT2D eigenvalue weighted by atomic mass is 19.1. The second kappa shape index (κ2) is 5.71. The van der Waals surface area contributed by atoms with E-state index in [0.29, 0.717) is 12.5 Å². The van der Waals surface area contributed by atoms with Crippen LogP contribution >= 0.6 is 0 Å². The van der Waals surface area contributed by atoms with Crippen LogP contribution in [0.15, 0.2) is 24.3 Å². The molecule has 15 heavy (non-hydrogen) atoms. The number of halogens is 1. The topological polar surface area (TPSA) is 35.2 Å². The van der Waals surface area contributed by atoms with E-state index in [1.165, 1.54) is 6.07 Å². The van der Waals surface area contributed by atoms with E-state index in [4.69, 9.17) is 10.5 Å². The van der Waals surface area contributed by atoms with Crippen LogP contribution in [-0.2, 0) is 0 Å². The van der Waals surface area contributed by atoms with Gasteiger partial charge in [0.1, 0.15) is 6.61 Å². The van der Waals surface area contributed by atoms with Crippen molar-refractivity contribution >= 4 is 0 Å². The fourth-order valence-corrected chi connectivity index (χ4v) is 1.21. The highest BCUT2D eigenvalue weighted by molar-refractivity contribution is 5.23. The van der Waals surface area contributed by atoms with Crippen molar-refractivity contribution in [3.63, 3.8) is 0 Å². The molecule has 1 rings (SSSR count). The van der Waals surface area contributed by atoms with Gasteiger partial charge in [-0.2, -0.15) is 0 Å². The van der Waals surface area contributed by atoms with Gasteiger partial charge in [0, 0.05) is 6.04 Å². The number of hydrogen-bond donors (Lipinski definition) is 1. The normalized spacial score (nSPS) is 14.7. The molecule has 0 amide bonds. The van der Waals surface area contributed by atoms with Crippen molar-refractivity contribution in [2.75, 3.05) is 6.61 Å². The Bertz CT molecular complexity index is 303. The van der Waals surface area contributed by atoms with Crippen LogP contribution < -0.4 is 10.5 Å². The van der Waals surface area contributed by atoms with Gasteiger partial charge in [0.05, 0.1) is 0 Å². The molecule has 0 heterocycles. The van der Waals surface area contributed by atoms with Crippen molar-refractivity contribution in [3.8, 4) is 5.75 Å². The highest BCUT2D eigenvalue weighted by Crippen LogP contribution is 2.16. The lowest BCUT2D eigenvalue weighted by Crippen LogP contribution is -2.34. The first-order valence-corrected chi connectivity index (χ1v) is 5.28. The molecule has 2 atom stereocenters. The molecule has 2 nitrogen and oxygen atoms in total. The maximum Gasteiger partial charge on any atom is 0.165 e. The van der Waals surface area contributed by atoms with Gasteiger partial charge in [-0.3, -0.25) is 0 Å². The van der Waals surface area contributed by atoms with E-state index >= 15 is 0 Å². The summed E-state index contributed by atoms with van der Waals surface area (Å²) in [5, 5.41) is 0. The van der Waals surface area contributed by atoms with Crippen molar-refractivity contribution in [2.45, 2.75) is 26.3 Å². The lowest BCUT2D eigenvalue weighted by atomic mass is 10.0. The molecule has 1 aromatic rings. The van der Waals surface area contributed by atoms with Gasteiger partial charge in [0.15, 0.2) is 11.6 Å². The predicted molar refractivity (Wildman–Crippen MR) is 59.3 cm³/mol. The first-order chi connectivity index (χ1) is 7.15. The second-order valence-electron chi connectivity index (χ2n) is 3.79. The highest BCUT2D eigenvalue weighted by Gasteiger charge is 2.12. The maximum atomic E-state index is 13.2. The van der Waals surface area contributed by atoms with Gasteiger partial charge in [0.25, 0.3) is 0 Å². The molecule has 1 aromatic carbocycles. The van der Waals surface area contributed by atoms with Crippen molar-refractivity contribution in [1.82, 2.24) is 0 Å². The molecule has 0 aliphatic rings. The van der Waals surface area contributed by atoms with Crippen LogP contribution in [-0.4, -0.2) is 12.6 Å². The number of ether oxygens (including phenoxy) is 1.